The van der Waals surface area contributed by atoms with E-state index in [9.17, 15) is 14.0 Å². The van der Waals surface area contributed by atoms with E-state index in [4.69, 9.17) is 0 Å². The van der Waals surface area contributed by atoms with Crippen molar-refractivity contribution in [1.29, 1.82) is 0 Å². The Balaban J connectivity index is 1.15. The Morgan fingerprint density at radius 1 is 0.875 bits per heavy atom. The predicted octanol–water partition coefficient (Wildman–Crippen LogP) is 7.75. The minimum Gasteiger partial charge on any atom is -0.341 e. The summed E-state index contributed by atoms with van der Waals surface area (Å²) in [5.74, 6) is 0.187. The first-order valence-electron chi connectivity index (χ1n) is 14.9. The Labute approximate surface area is 238 Å². The van der Waals surface area contributed by atoms with E-state index in [1.165, 1.54) is 5.56 Å². The maximum Gasteiger partial charge on any atom is 0.251 e. The van der Waals surface area contributed by atoms with Gasteiger partial charge in [-0.3, -0.25) is 9.59 Å². The first-order valence-corrected chi connectivity index (χ1v) is 14.9. The molecule has 5 heteroatoms. The van der Waals surface area contributed by atoms with E-state index in [-0.39, 0.29) is 23.0 Å². The van der Waals surface area contributed by atoms with Gasteiger partial charge in [0, 0.05) is 18.7 Å². The van der Waals surface area contributed by atoms with Crippen LogP contribution in [0.2, 0.25) is 0 Å². The van der Waals surface area contributed by atoms with Crippen molar-refractivity contribution >= 4 is 11.8 Å². The van der Waals surface area contributed by atoms with E-state index in [2.05, 4.69) is 24.4 Å². The van der Waals surface area contributed by atoms with Gasteiger partial charge < -0.3 is 10.2 Å². The lowest BCUT2D eigenvalue weighted by molar-refractivity contribution is -0.134. The molecule has 0 spiro atoms. The number of hydrogen-bond donors (Lipinski definition) is 1. The van der Waals surface area contributed by atoms with Gasteiger partial charge in [-0.05, 0) is 90.8 Å². The molecule has 0 bridgehead atoms. The lowest BCUT2D eigenvalue weighted by Gasteiger charge is -2.31. The molecule has 1 aliphatic heterocycles. The molecule has 40 heavy (non-hydrogen) atoms. The topological polar surface area (TPSA) is 49.4 Å². The van der Waals surface area contributed by atoms with Crippen molar-refractivity contribution in [3.8, 4) is 11.1 Å². The van der Waals surface area contributed by atoms with Gasteiger partial charge in [0.2, 0.25) is 5.91 Å². The Kier molecular flexibility index (Phi) is 8.98. The molecule has 3 aromatic carbocycles. The van der Waals surface area contributed by atoms with E-state index in [1.54, 1.807) is 12.1 Å². The molecule has 0 radical (unpaired) electrons. The summed E-state index contributed by atoms with van der Waals surface area (Å²) < 4.78 is 13.3. The van der Waals surface area contributed by atoms with Gasteiger partial charge in [0.25, 0.3) is 5.91 Å². The number of carbonyl (C=O) groups is 2. The van der Waals surface area contributed by atoms with E-state index in [0.717, 1.165) is 75.6 Å². The minimum atomic E-state index is -0.497. The maximum atomic E-state index is 13.4. The Hall–Kier alpha value is -3.47. The molecule has 1 aliphatic carbocycles. The van der Waals surface area contributed by atoms with Crippen LogP contribution in [0.3, 0.4) is 0 Å². The van der Waals surface area contributed by atoms with Gasteiger partial charge in [-0.25, -0.2) is 4.39 Å². The number of piperidine rings is 1. The summed E-state index contributed by atoms with van der Waals surface area (Å²) in [6.07, 6.45) is 9.16. The third-order valence-electron chi connectivity index (χ3n) is 8.89. The second kappa shape index (κ2) is 12.8. The number of rotatable bonds is 11. The van der Waals surface area contributed by atoms with Gasteiger partial charge >= 0.3 is 0 Å². The van der Waals surface area contributed by atoms with Crippen molar-refractivity contribution < 1.29 is 14.0 Å². The van der Waals surface area contributed by atoms with Crippen molar-refractivity contribution in [2.45, 2.75) is 76.7 Å². The highest BCUT2D eigenvalue weighted by Gasteiger charge is 2.49. The number of halogens is 1. The van der Waals surface area contributed by atoms with Gasteiger partial charge in [0.05, 0.1) is 0 Å². The SMILES string of the molecule is CC1(CCCCC[C@H](NC(=O)c2ccc(-c3ccccc3)cc2)C(=O)N2CCCCC2)C[C@H]1c1ccc(F)cc1. The summed E-state index contributed by atoms with van der Waals surface area (Å²) in [5, 5.41) is 3.08. The molecule has 210 valence electrons. The highest BCUT2D eigenvalue weighted by Crippen LogP contribution is 2.61. The van der Waals surface area contributed by atoms with Crippen LogP contribution in [0.4, 0.5) is 4.39 Å². The normalized spacial score (nSPS) is 21.1. The zero-order valence-corrected chi connectivity index (χ0v) is 23.6. The van der Waals surface area contributed by atoms with Crippen LogP contribution in [0.5, 0.6) is 0 Å². The number of amides is 2. The fraction of sp³-hybridized carbons (Fsp3) is 0.429. The molecule has 1 heterocycles. The lowest BCUT2D eigenvalue weighted by Crippen LogP contribution is -2.50. The van der Waals surface area contributed by atoms with Gasteiger partial charge in [-0.15, -0.1) is 0 Å². The van der Waals surface area contributed by atoms with Crippen LogP contribution < -0.4 is 5.32 Å². The molecule has 4 nitrogen and oxygen atoms in total. The zero-order valence-electron chi connectivity index (χ0n) is 23.6. The summed E-state index contributed by atoms with van der Waals surface area (Å²) in [7, 11) is 0. The Morgan fingerprint density at radius 2 is 1.55 bits per heavy atom. The number of nitrogens with zero attached hydrogens (tertiary/aromatic N) is 1. The van der Waals surface area contributed by atoms with Crippen molar-refractivity contribution in [2.75, 3.05) is 13.1 Å². The highest BCUT2D eigenvalue weighted by molar-refractivity contribution is 5.98. The van der Waals surface area contributed by atoms with Crippen molar-refractivity contribution in [3.63, 3.8) is 0 Å². The fourth-order valence-electron chi connectivity index (χ4n) is 6.23. The van der Waals surface area contributed by atoms with Crippen molar-refractivity contribution in [2.24, 2.45) is 5.41 Å². The quantitative estimate of drug-likeness (QED) is 0.253. The second-order valence-electron chi connectivity index (χ2n) is 11.9. The minimum absolute atomic E-state index is 0.0551. The predicted molar refractivity (Wildman–Crippen MR) is 159 cm³/mol. The molecule has 1 saturated heterocycles. The molecule has 3 atom stereocenters. The molecule has 2 fully saturated rings. The number of likely N-dealkylation sites (tertiary alicyclic amines) is 1. The molecule has 1 N–H and O–H groups in total. The second-order valence-corrected chi connectivity index (χ2v) is 11.9. The number of carbonyl (C=O) groups excluding carboxylic acids is 2. The first-order chi connectivity index (χ1) is 19.4. The molecule has 0 aromatic heterocycles. The van der Waals surface area contributed by atoms with Crippen LogP contribution in [-0.4, -0.2) is 35.8 Å². The summed E-state index contributed by atoms with van der Waals surface area (Å²) >= 11 is 0. The van der Waals surface area contributed by atoms with E-state index < -0.39 is 6.04 Å². The average molecular weight is 541 g/mol. The number of nitrogens with one attached hydrogen (secondary N) is 1. The standard InChI is InChI=1S/C35H41FN2O2/c1-35(25-31(35)28-18-20-30(36)21-19-28)22-8-3-7-13-32(34(40)38-23-9-4-10-24-38)37-33(39)29-16-14-27(15-17-29)26-11-5-2-6-12-26/h2,5-6,11-12,14-21,31-32H,3-4,7-10,13,22-25H2,1H3,(H,37,39)/t31-,32-,35?/m0/s1. The van der Waals surface area contributed by atoms with E-state index in [1.807, 2.05) is 59.5 Å². The summed E-state index contributed by atoms with van der Waals surface area (Å²) in [4.78, 5) is 28.6. The van der Waals surface area contributed by atoms with Crippen LogP contribution in [0.25, 0.3) is 11.1 Å². The third kappa shape index (κ3) is 6.99. The largest absolute Gasteiger partial charge is 0.341 e. The summed E-state index contributed by atoms with van der Waals surface area (Å²) in [6.45, 7) is 3.88. The van der Waals surface area contributed by atoms with Gasteiger partial charge in [-0.2, -0.15) is 0 Å². The van der Waals surface area contributed by atoms with Gasteiger partial charge in [-0.1, -0.05) is 80.8 Å². The van der Waals surface area contributed by atoms with Crippen LogP contribution in [0, 0.1) is 11.2 Å². The third-order valence-corrected chi connectivity index (χ3v) is 8.89. The van der Waals surface area contributed by atoms with E-state index in [0.29, 0.717) is 17.9 Å². The molecule has 1 unspecified atom stereocenters. The van der Waals surface area contributed by atoms with Crippen molar-refractivity contribution in [3.05, 3.63) is 95.8 Å². The lowest BCUT2D eigenvalue weighted by atomic mass is 9.94. The van der Waals surface area contributed by atoms with Gasteiger partial charge in [0.1, 0.15) is 11.9 Å². The summed E-state index contributed by atoms with van der Waals surface area (Å²) in [5.41, 5.74) is 4.25. The number of hydrogen-bond acceptors (Lipinski definition) is 2. The number of benzene rings is 3. The highest BCUT2D eigenvalue weighted by atomic mass is 19.1. The molecular weight excluding hydrogens is 499 g/mol. The monoisotopic (exact) mass is 540 g/mol. The molecule has 2 aliphatic rings. The van der Waals surface area contributed by atoms with Crippen LogP contribution in [-0.2, 0) is 4.79 Å². The smallest absolute Gasteiger partial charge is 0.251 e. The first kappa shape index (κ1) is 28.1. The zero-order chi connectivity index (χ0) is 28.0. The molecule has 2 amide bonds. The molecule has 1 saturated carbocycles. The van der Waals surface area contributed by atoms with Crippen LogP contribution >= 0.6 is 0 Å². The van der Waals surface area contributed by atoms with Crippen LogP contribution in [0.15, 0.2) is 78.9 Å². The Morgan fingerprint density at radius 3 is 2.25 bits per heavy atom. The number of unbranched alkanes of at least 4 members (excludes halogenated alkanes) is 2. The van der Waals surface area contributed by atoms with Gasteiger partial charge in [0.15, 0.2) is 0 Å². The fourth-order valence-corrected chi connectivity index (χ4v) is 6.23. The Bertz CT molecular complexity index is 1270. The molecule has 3 aromatic rings. The van der Waals surface area contributed by atoms with Crippen LogP contribution in [0.1, 0.15) is 86.6 Å². The summed E-state index contributed by atoms with van der Waals surface area (Å²) in [6, 6.07) is 24.1. The molecular formula is C35H41FN2O2. The van der Waals surface area contributed by atoms with E-state index >= 15 is 0 Å². The average Bonchev–Trinajstić information content (AvgIpc) is 3.68. The maximum absolute atomic E-state index is 13.4. The van der Waals surface area contributed by atoms with Crippen molar-refractivity contribution in [1.82, 2.24) is 10.2 Å². The molecule has 5 rings (SSSR count).